The Hall–Kier alpha value is -1.40. The normalized spacial score (nSPS) is 17.0. The van der Waals surface area contributed by atoms with Gasteiger partial charge in [-0.1, -0.05) is 13.0 Å². The van der Waals surface area contributed by atoms with Crippen molar-refractivity contribution >= 4 is 15.9 Å². The van der Waals surface area contributed by atoms with Gasteiger partial charge in [-0.3, -0.25) is 4.79 Å². The molecule has 0 saturated carbocycles. The van der Waals surface area contributed by atoms with E-state index in [1.165, 1.54) is 0 Å². The van der Waals surface area contributed by atoms with E-state index < -0.39 is 10.0 Å². The van der Waals surface area contributed by atoms with Gasteiger partial charge >= 0.3 is 0 Å². The van der Waals surface area contributed by atoms with Crippen LogP contribution in [0.2, 0.25) is 0 Å². The summed E-state index contributed by atoms with van der Waals surface area (Å²) in [7, 11) is -3.55. The molecule has 1 aliphatic rings. The summed E-state index contributed by atoms with van der Waals surface area (Å²) in [6.45, 7) is 11.4. The maximum Gasteiger partial charge on any atom is 0.243 e. The van der Waals surface area contributed by atoms with Crippen LogP contribution in [0.1, 0.15) is 42.0 Å². The first-order valence-corrected chi connectivity index (χ1v) is 9.99. The first-order valence-electron chi connectivity index (χ1n) is 8.55. The molecular weight excluding hydrogens is 324 g/mol. The summed E-state index contributed by atoms with van der Waals surface area (Å²) >= 11 is 0. The van der Waals surface area contributed by atoms with Crippen LogP contribution in [0.15, 0.2) is 11.0 Å². The third-order valence-corrected chi connectivity index (χ3v) is 7.18. The summed E-state index contributed by atoms with van der Waals surface area (Å²) in [5.41, 5.74) is 3.64. The molecule has 0 spiro atoms. The van der Waals surface area contributed by atoms with E-state index in [0.717, 1.165) is 22.3 Å². The van der Waals surface area contributed by atoms with Crippen LogP contribution in [-0.2, 0) is 14.8 Å². The predicted octanol–water partition coefficient (Wildman–Crippen LogP) is 2.55. The predicted molar refractivity (Wildman–Crippen MR) is 95.6 cm³/mol. The molecule has 6 heteroatoms. The molecule has 0 aromatic heterocycles. The van der Waals surface area contributed by atoms with E-state index in [1.807, 2.05) is 40.7 Å². The maximum absolute atomic E-state index is 13.3. The molecule has 0 unspecified atom stereocenters. The van der Waals surface area contributed by atoms with E-state index in [4.69, 9.17) is 0 Å². The van der Waals surface area contributed by atoms with Gasteiger partial charge in [0.05, 0.1) is 4.90 Å². The number of aryl methyl sites for hydroxylation is 2. The van der Waals surface area contributed by atoms with Gasteiger partial charge in [-0.25, -0.2) is 8.42 Å². The fraction of sp³-hybridized carbons (Fsp3) is 0.611. The van der Waals surface area contributed by atoms with Crippen molar-refractivity contribution < 1.29 is 13.2 Å². The lowest BCUT2D eigenvalue weighted by Crippen LogP contribution is -2.37. The lowest BCUT2D eigenvalue weighted by atomic mass is 10.0. The quantitative estimate of drug-likeness (QED) is 0.840. The minimum atomic E-state index is -3.55. The Morgan fingerprint density at radius 1 is 1.00 bits per heavy atom. The summed E-state index contributed by atoms with van der Waals surface area (Å²) < 4.78 is 28.1. The van der Waals surface area contributed by atoms with Gasteiger partial charge in [-0.15, -0.1) is 0 Å². The molecule has 2 rings (SSSR count). The van der Waals surface area contributed by atoms with Gasteiger partial charge < -0.3 is 4.90 Å². The highest BCUT2D eigenvalue weighted by Crippen LogP contribution is 2.29. The van der Waals surface area contributed by atoms with Crippen LogP contribution in [-0.4, -0.2) is 49.7 Å². The summed E-state index contributed by atoms with van der Waals surface area (Å²) in [5, 5.41) is 0. The first-order chi connectivity index (χ1) is 11.2. The van der Waals surface area contributed by atoms with Crippen molar-refractivity contribution in [1.82, 2.24) is 9.21 Å². The molecule has 0 atom stereocenters. The Bertz CT molecular complexity index is 715. The number of carbonyl (C=O) groups is 1. The van der Waals surface area contributed by atoms with Gasteiger partial charge in [0.15, 0.2) is 0 Å². The van der Waals surface area contributed by atoms with Crippen LogP contribution in [0.5, 0.6) is 0 Å². The molecule has 0 aliphatic carbocycles. The molecule has 1 fully saturated rings. The fourth-order valence-electron chi connectivity index (χ4n) is 3.30. The van der Waals surface area contributed by atoms with Crippen molar-refractivity contribution in [3.05, 3.63) is 28.3 Å². The van der Waals surface area contributed by atoms with Gasteiger partial charge in [0, 0.05) is 32.6 Å². The third-order valence-electron chi connectivity index (χ3n) is 5.01. The number of hydrogen-bond donors (Lipinski definition) is 0. The largest absolute Gasteiger partial charge is 0.341 e. The van der Waals surface area contributed by atoms with Gasteiger partial charge in [0.1, 0.15) is 0 Å². The second-order valence-corrected chi connectivity index (χ2v) is 8.46. The SMILES string of the molecule is CCC(=O)N1CCCN(S(=O)(=O)c2c(C)c(C)cc(C)c2C)CC1. The molecule has 0 radical (unpaired) electrons. The molecule has 24 heavy (non-hydrogen) atoms. The van der Waals surface area contributed by atoms with Gasteiger partial charge in [-0.05, 0) is 56.4 Å². The zero-order chi connectivity index (χ0) is 18.1. The van der Waals surface area contributed by atoms with Crippen LogP contribution in [0.3, 0.4) is 0 Å². The molecular formula is C18H28N2O3S. The number of rotatable bonds is 3. The molecule has 134 valence electrons. The average Bonchev–Trinajstić information content (AvgIpc) is 2.79. The number of nitrogens with zero attached hydrogens (tertiary/aromatic N) is 2. The number of amides is 1. The highest BCUT2D eigenvalue weighted by atomic mass is 32.2. The Balaban J connectivity index is 2.37. The zero-order valence-corrected chi connectivity index (χ0v) is 16.2. The molecule has 1 aliphatic heterocycles. The molecule has 0 N–H and O–H groups in total. The van der Waals surface area contributed by atoms with Crippen molar-refractivity contribution in [1.29, 1.82) is 0 Å². The third kappa shape index (κ3) is 3.49. The van der Waals surface area contributed by atoms with Crippen molar-refractivity contribution in [3.63, 3.8) is 0 Å². The number of benzene rings is 1. The van der Waals surface area contributed by atoms with Gasteiger partial charge in [0.25, 0.3) is 0 Å². The van der Waals surface area contributed by atoms with Crippen LogP contribution in [0, 0.1) is 27.7 Å². The maximum atomic E-state index is 13.3. The van der Waals surface area contributed by atoms with Gasteiger partial charge in [0.2, 0.25) is 15.9 Å². The van der Waals surface area contributed by atoms with E-state index in [1.54, 1.807) is 9.21 Å². The zero-order valence-electron chi connectivity index (χ0n) is 15.3. The Morgan fingerprint density at radius 3 is 2.12 bits per heavy atom. The first kappa shape index (κ1) is 18.9. The van der Waals surface area contributed by atoms with E-state index >= 15 is 0 Å². The minimum Gasteiger partial charge on any atom is -0.341 e. The lowest BCUT2D eigenvalue weighted by Gasteiger charge is -2.24. The molecule has 5 nitrogen and oxygen atoms in total. The van der Waals surface area contributed by atoms with Crippen molar-refractivity contribution in [2.75, 3.05) is 26.2 Å². The standard InChI is InChI=1S/C18H28N2O3S/c1-6-17(21)19-8-7-9-20(11-10-19)24(22,23)18-15(4)13(2)12-14(3)16(18)5/h12H,6-11H2,1-5H3. The Labute approximate surface area is 145 Å². The topological polar surface area (TPSA) is 57.7 Å². The molecule has 1 saturated heterocycles. The Kier molecular flexibility index (Phi) is 5.71. The van der Waals surface area contributed by atoms with E-state index in [0.29, 0.717) is 43.9 Å². The fourth-order valence-corrected chi connectivity index (χ4v) is 5.35. The smallest absolute Gasteiger partial charge is 0.243 e. The van der Waals surface area contributed by atoms with Crippen molar-refractivity contribution in [2.45, 2.75) is 52.4 Å². The van der Waals surface area contributed by atoms with Crippen LogP contribution >= 0.6 is 0 Å². The lowest BCUT2D eigenvalue weighted by molar-refractivity contribution is -0.130. The summed E-state index contributed by atoms with van der Waals surface area (Å²) in [4.78, 5) is 14.1. The average molecular weight is 353 g/mol. The number of carbonyl (C=O) groups excluding carboxylic acids is 1. The highest BCUT2D eigenvalue weighted by molar-refractivity contribution is 7.89. The van der Waals surface area contributed by atoms with Crippen molar-refractivity contribution in [2.24, 2.45) is 0 Å². The minimum absolute atomic E-state index is 0.0907. The molecule has 0 bridgehead atoms. The van der Waals surface area contributed by atoms with Crippen molar-refractivity contribution in [3.8, 4) is 0 Å². The number of sulfonamides is 1. The second kappa shape index (κ2) is 7.23. The Morgan fingerprint density at radius 2 is 1.58 bits per heavy atom. The second-order valence-electron chi connectivity index (χ2n) is 6.58. The van der Waals surface area contributed by atoms with Gasteiger partial charge in [-0.2, -0.15) is 4.31 Å². The molecule has 1 amide bonds. The van der Waals surface area contributed by atoms with E-state index in [2.05, 4.69) is 0 Å². The number of hydrogen-bond acceptors (Lipinski definition) is 3. The summed E-state index contributed by atoms with van der Waals surface area (Å²) in [5.74, 6) is 0.0907. The van der Waals surface area contributed by atoms with Crippen LogP contribution < -0.4 is 0 Å². The van der Waals surface area contributed by atoms with E-state index in [9.17, 15) is 13.2 Å². The van der Waals surface area contributed by atoms with Crippen LogP contribution in [0.4, 0.5) is 0 Å². The summed E-state index contributed by atoms with van der Waals surface area (Å²) in [6, 6.07) is 2.04. The molecule has 1 aromatic rings. The monoisotopic (exact) mass is 352 g/mol. The van der Waals surface area contributed by atoms with E-state index in [-0.39, 0.29) is 5.91 Å². The molecule has 1 aromatic carbocycles. The van der Waals surface area contributed by atoms with Crippen LogP contribution in [0.25, 0.3) is 0 Å². The highest BCUT2D eigenvalue weighted by Gasteiger charge is 2.31. The molecule has 1 heterocycles. The summed E-state index contributed by atoms with van der Waals surface area (Å²) in [6.07, 6.45) is 1.13.